The fraction of sp³-hybridized carbons (Fsp3) is 0.467. The number of pyridine rings is 2. The predicted molar refractivity (Wildman–Crippen MR) is 83.1 cm³/mol. The van der Waals surface area contributed by atoms with Crippen molar-refractivity contribution in [3.8, 4) is 0 Å². The van der Waals surface area contributed by atoms with E-state index in [-0.39, 0.29) is 6.61 Å². The summed E-state index contributed by atoms with van der Waals surface area (Å²) in [7, 11) is 0. The molecule has 0 aromatic carbocycles. The van der Waals surface area contributed by atoms with Crippen molar-refractivity contribution in [2.24, 2.45) is 0 Å². The van der Waals surface area contributed by atoms with Gasteiger partial charge in [0.05, 0.1) is 6.61 Å². The van der Waals surface area contributed by atoms with Crippen LogP contribution in [0.1, 0.15) is 22.9 Å². The van der Waals surface area contributed by atoms with Gasteiger partial charge in [-0.25, -0.2) is 4.98 Å². The van der Waals surface area contributed by atoms with Crippen molar-refractivity contribution in [3.63, 3.8) is 0 Å². The van der Waals surface area contributed by atoms with Crippen molar-refractivity contribution in [2.75, 3.05) is 6.61 Å². The van der Waals surface area contributed by atoms with Crippen molar-refractivity contribution in [2.45, 2.75) is 38.3 Å². The molecule has 7 heteroatoms. The minimum absolute atomic E-state index is 0.363. The summed E-state index contributed by atoms with van der Waals surface area (Å²) in [5, 5.41) is 30.1. The van der Waals surface area contributed by atoms with E-state index in [4.69, 9.17) is 17.0 Å². The van der Waals surface area contributed by atoms with E-state index in [0.717, 1.165) is 16.6 Å². The van der Waals surface area contributed by atoms with E-state index >= 15 is 0 Å². The number of hydrogen-bond acceptors (Lipinski definition) is 6. The molecule has 3 heterocycles. The lowest BCUT2D eigenvalue weighted by Crippen LogP contribution is -2.32. The first-order chi connectivity index (χ1) is 10.4. The van der Waals surface area contributed by atoms with E-state index in [9.17, 15) is 15.3 Å². The van der Waals surface area contributed by atoms with Crippen molar-refractivity contribution >= 4 is 23.3 Å². The number of nitrogens with zero attached hydrogens (tertiary/aromatic N) is 1. The maximum Gasteiger partial charge on any atom is 0.138 e. The quantitative estimate of drug-likeness (QED) is 0.617. The van der Waals surface area contributed by atoms with E-state index in [1.54, 1.807) is 0 Å². The summed E-state index contributed by atoms with van der Waals surface area (Å²) >= 11 is 5.34. The highest BCUT2D eigenvalue weighted by atomic mass is 32.1. The molecule has 118 valence electrons. The molecule has 3 rings (SSSR count). The highest BCUT2D eigenvalue weighted by molar-refractivity contribution is 7.71. The van der Waals surface area contributed by atoms with Gasteiger partial charge in [0.25, 0.3) is 0 Å². The Hall–Kier alpha value is -1.38. The maximum atomic E-state index is 10.2. The van der Waals surface area contributed by atoms with Gasteiger partial charge >= 0.3 is 0 Å². The van der Waals surface area contributed by atoms with Crippen LogP contribution < -0.4 is 0 Å². The highest BCUT2D eigenvalue weighted by Gasteiger charge is 2.43. The minimum Gasteiger partial charge on any atom is -0.394 e. The van der Waals surface area contributed by atoms with Gasteiger partial charge in [0, 0.05) is 16.6 Å². The SMILES string of the molecule is Cc1cc(C)c2cc([C@@H]3O[C@H](CO)C(O)[C@@H]3O)c(=S)[nH]c2n1. The second kappa shape index (κ2) is 5.68. The Morgan fingerprint density at radius 1 is 1.27 bits per heavy atom. The van der Waals surface area contributed by atoms with Gasteiger partial charge in [-0.3, -0.25) is 0 Å². The predicted octanol–water partition coefficient (Wildman–Crippen LogP) is 1.06. The Bertz CT molecular complexity index is 776. The van der Waals surface area contributed by atoms with Crippen LogP contribution >= 0.6 is 12.2 Å². The third-order valence-corrected chi connectivity index (χ3v) is 4.37. The number of aliphatic hydroxyl groups excluding tert-OH is 3. The van der Waals surface area contributed by atoms with Gasteiger partial charge in [-0.1, -0.05) is 12.2 Å². The van der Waals surface area contributed by atoms with Crippen LogP contribution in [-0.4, -0.2) is 50.2 Å². The number of ether oxygens (including phenoxy) is 1. The average Bonchev–Trinajstić information content (AvgIpc) is 2.74. The van der Waals surface area contributed by atoms with Crippen LogP contribution in [0.3, 0.4) is 0 Å². The number of aliphatic hydroxyl groups is 3. The molecule has 0 aliphatic carbocycles. The number of nitrogens with one attached hydrogen (secondary N) is 1. The molecule has 4 N–H and O–H groups in total. The van der Waals surface area contributed by atoms with Crippen molar-refractivity contribution in [1.29, 1.82) is 0 Å². The fourth-order valence-electron chi connectivity index (χ4n) is 2.89. The number of hydrogen-bond donors (Lipinski definition) is 4. The summed E-state index contributed by atoms with van der Waals surface area (Å²) in [6.07, 6.45) is -3.87. The monoisotopic (exact) mass is 322 g/mol. The molecule has 0 amide bonds. The van der Waals surface area contributed by atoms with Gasteiger partial charge in [-0.05, 0) is 31.5 Å². The summed E-state index contributed by atoms with van der Waals surface area (Å²) in [5.74, 6) is 0. The second-order valence-electron chi connectivity index (χ2n) is 5.66. The van der Waals surface area contributed by atoms with E-state index in [2.05, 4.69) is 9.97 Å². The second-order valence-corrected chi connectivity index (χ2v) is 6.06. The van der Waals surface area contributed by atoms with Crippen molar-refractivity contribution in [3.05, 3.63) is 33.6 Å². The number of aromatic amines is 1. The molecule has 6 nitrogen and oxygen atoms in total. The summed E-state index contributed by atoms with van der Waals surface area (Å²) in [6.45, 7) is 3.51. The molecule has 22 heavy (non-hydrogen) atoms. The summed E-state index contributed by atoms with van der Waals surface area (Å²) in [5.41, 5.74) is 3.18. The fourth-order valence-corrected chi connectivity index (χ4v) is 3.16. The molecule has 1 fully saturated rings. The zero-order valence-corrected chi connectivity index (χ0v) is 13.1. The molecule has 1 aliphatic heterocycles. The lowest BCUT2D eigenvalue weighted by Gasteiger charge is -2.16. The average molecular weight is 322 g/mol. The number of fused-ring (bicyclic) bond motifs is 1. The van der Waals surface area contributed by atoms with Crippen LogP contribution in [0.2, 0.25) is 0 Å². The van der Waals surface area contributed by atoms with E-state index in [1.807, 2.05) is 26.0 Å². The first kappa shape index (κ1) is 15.5. The molecule has 0 bridgehead atoms. The lowest BCUT2D eigenvalue weighted by molar-refractivity contribution is -0.0229. The maximum absolute atomic E-state index is 10.2. The zero-order chi connectivity index (χ0) is 16.0. The molecule has 0 radical (unpaired) electrons. The lowest BCUT2D eigenvalue weighted by atomic mass is 10.0. The highest BCUT2D eigenvalue weighted by Crippen LogP contribution is 2.35. The third-order valence-electron chi connectivity index (χ3n) is 4.04. The van der Waals surface area contributed by atoms with Gasteiger partial charge in [-0.15, -0.1) is 0 Å². The first-order valence-electron chi connectivity index (χ1n) is 7.06. The molecule has 0 spiro atoms. The topological polar surface area (TPSA) is 98.6 Å². The molecule has 1 aliphatic rings. The molecular weight excluding hydrogens is 304 g/mol. The smallest absolute Gasteiger partial charge is 0.138 e. The Morgan fingerprint density at radius 2 is 2.00 bits per heavy atom. The Labute approximate surface area is 132 Å². The van der Waals surface area contributed by atoms with Crippen LogP contribution in [0.15, 0.2) is 12.1 Å². The van der Waals surface area contributed by atoms with E-state index in [0.29, 0.717) is 15.9 Å². The number of rotatable bonds is 2. The van der Waals surface area contributed by atoms with Gasteiger partial charge in [-0.2, -0.15) is 0 Å². The summed E-state index contributed by atoms with van der Waals surface area (Å²) in [6, 6.07) is 3.79. The number of aromatic nitrogens is 2. The van der Waals surface area contributed by atoms with Gasteiger partial charge in [0.2, 0.25) is 0 Å². The summed E-state index contributed by atoms with van der Waals surface area (Å²) in [4.78, 5) is 7.47. The number of H-pyrrole nitrogens is 1. The largest absolute Gasteiger partial charge is 0.394 e. The Kier molecular flexibility index (Phi) is 4.00. The Balaban J connectivity index is 2.12. The van der Waals surface area contributed by atoms with Crippen LogP contribution in [0, 0.1) is 18.5 Å². The van der Waals surface area contributed by atoms with Gasteiger partial charge in [0.15, 0.2) is 0 Å². The molecular formula is C15H18N2O4S. The number of aryl methyl sites for hydroxylation is 2. The van der Waals surface area contributed by atoms with Crippen molar-refractivity contribution < 1.29 is 20.1 Å². The molecule has 2 aromatic heterocycles. The molecule has 1 saturated heterocycles. The molecule has 0 saturated carbocycles. The van der Waals surface area contributed by atoms with Crippen LogP contribution in [0.4, 0.5) is 0 Å². The van der Waals surface area contributed by atoms with Crippen molar-refractivity contribution in [1.82, 2.24) is 9.97 Å². The van der Waals surface area contributed by atoms with Crippen LogP contribution in [-0.2, 0) is 4.74 Å². The first-order valence-corrected chi connectivity index (χ1v) is 7.47. The van der Waals surface area contributed by atoms with E-state index < -0.39 is 24.4 Å². The summed E-state index contributed by atoms with van der Waals surface area (Å²) < 4.78 is 5.96. The molecule has 2 aromatic rings. The standard InChI is InChI=1S/C15H18N2O4S/c1-6-3-7(2)16-14-8(6)4-9(15(22)17-14)13-12(20)11(19)10(5-18)21-13/h3-4,10-13,18-20H,5H2,1-2H3,(H,16,17,22)/t10-,11?,12+,13+/m1/s1. The normalized spacial score (nSPS) is 28.4. The van der Waals surface area contributed by atoms with Gasteiger partial charge < -0.3 is 25.0 Å². The van der Waals surface area contributed by atoms with E-state index in [1.165, 1.54) is 0 Å². The molecule has 4 atom stereocenters. The zero-order valence-electron chi connectivity index (χ0n) is 12.3. The minimum atomic E-state index is -1.14. The molecule has 1 unspecified atom stereocenters. The van der Waals surface area contributed by atoms with Crippen LogP contribution in [0.25, 0.3) is 11.0 Å². The van der Waals surface area contributed by atoms with Crippen LogP contribution in [0.5, 0.6) is 0 Å². The Morgan fingerprint density at radius 3 is 2.64 bits per heavy atom. The van der Waals surface area contributed by atoms with Gasteiger partial charge in [0.1, 0.15) is 34.7 Å². The third kappa shape index (κ3) is 2.45.